The van der Waals surface area contributed by atoms with Crippen LogP contribution in [0.4, 0.5) is 4.79 Å². The van der Waals surface area contributed by atoms with Gasteiger partial charge in [-0.05, 0) is 41.8 Å². The van der Waals surface area contributed by atoms with E-state index in [0.717, 1.165) is 16.3 Å². The number of benzene rings is 2. The molecule has 0 radical (unpaired) electrons. The van der Waals surface area contributed by atoms with Gasteiger partial charge in [0.1, 0.15) is 11.4 Å². The van der Waals surface area contributed by atoms with E-state index in [2.05, 4.69) is 28.8 Å². The minimum absolute atomic E-state index is 0.109. The van der Waals surface area contributed by atoms with E-state index in [1.54, 1.807) is 29.7 Å². The first-order valence-corrected chi connectivity index (χ1v) is 12.9. The van der Waals surface area contributed by atoms with Gasteiger partial charge in [0.05, 0.1) is 6.61 Å². The molecule has 2 aromatic carbocycles. The fraction of sp³-hybridized carbons (Fsp3) is 0.370. The smallest absolute Gasteiger partial charge is 0.411 e. The highest BCUT2D eigenvalue weighted by atomic mass is 32.1. The standard InChI is InChI=1S/C27H33N5O5S/c1-27(2,38)37-26(36)32-13-11-31(12-14-32)25(35)22-17-20(23(30-29-22)24(34)28-10-15-33)16-19-8-5-7-18-6-3-4-9-21(18)19/h3-9,17,29-30,33,38H,10-16H2,1-2H3,(H,28,34). The summed E-state index contributed by atoms with van der Waals surface area (Å²) in [5, 5.41) is 13.9. The second-order valence-electron chi connectivity index (χ2n) is 9.60. The number of carbonyl (C=O) groups is 3. The number of hydrogen-bond donors (Lipinski definition) is 5. The molecule has 1 fully saturated rings. The summed E-state index contributed by atoms with van der Waals surface area (Å²) < 4.78 is 5.31. The SMILES string of the molecule is CC(C)(S)OC(=O)N1CCN(C(=O)C2=CC(Cc3cccc4ccccc34)=C(C(=O)NCCO)NN2)CC1. The van der Waals surface area contributed by atoms with Crippen LogP contribution in [0.2, 0.25) is 0 Å². The first kappa shape index (κ1) is 27.3. The van der Waals surface area contributed by atoms with Gasteiger partial charge in [0.15, 0.2) is 4.93 Å². The molecule has 0 bridgehead atoms. The number of nitrogens with one attached hydrogen (secondary N) is 3. The quantitative estimate of drug-likeness (QED) is 0.268. The van der Waals surface area contributed by atoms with Gasteiger partial charge in [0, 0.05) is 39.1 Å². The van der Waals surface area contributed by atoms with Gasteiger partial charge in [-0.15, -0.1) is 12.6 Å². The van der Waals surface area contributed by atoms with Crippen LogP contribution in [0.3, 0.4) is 0 Å². The Bertz CT molecular complexity index is 1270. The van der Waals surface area contributed by atoms with E-state index < -0.39 is 11.0 Å². The molecule has 2 aromatic rings. The largest absolute Gasteiger partial charge is 0.433 e. The molecule has 0 aliphatic carbocycles. The Balaban J connectivity index is 1.54. The number of ether oxygens (including phenoxy) is 1. The normalized spacial score (nSPS) is 15.9. The van der Waals surface area contributed by atoms with Gasteiger partial charge in [0.2, 0.25) is 0 Å². The van der Waals surface area contributed by atoms with Crippen LogP contribution in [0.1, 0.15) is 19.4 Å². The lowest BCUT2D eigenvalue weighted by Crippen LogP contribution is -2.54. The molecule has 38 heavy (non-hydrogen) atoms. The number of carbonyl (C=O) groups excluding carboxylic acids is 3. The Hall–Kier alpha value is -3.70. The Morgan fingerprint density at radius 3 is 2.42 bits per heavy atom. The Morgan fingerprint density at radius 2 is 1.71 bits per heavy atom. The van der Waals surface area contributed by atoms with Crippen molar-refractivity contribution < 1.29 is 24.2 Å². The molecule has 4 rings (SSSR count). The van der Waals surface area contributed by atoms with Crippen molar-refractivity contribution in [1.82, 2.24) is 26.0 Å². The Morgan fingerprint density at radius 1 is 1.03 bits per heavy atom. The molecule has 202 valence electrons. The van der Waals surface area contributed by atoms with Crippen molar-refractivity contribution in [1.29, 1.82) is 0 Å². The fourth-order valence-corrected chi connectivity index (χ4v) is 4.48. The lowest BCUT2D eigenvalue weighted by atomic mass is 9.96. The van der Waals surface area contributed by atoms with Gasteiger partial charge >= 0.3 is 6.09 Å². The minimum atomic E-state index is -0.888. The number of fused-ring (bicyclic) bond motifs is 1. The van der Waals surface area contributed by atoms with E-state index in [-0.39, 0.29) is 30.7 Å². The van der Waals surface area contributed by atoms with Crippen molar-refractivity contribution in [3.05, 3.63) is 71.1 Å². The van der Waals surface area contributed by atoms with Crippen LogP contribution in [0.25, 0.3) is 10.8 Å². The van der Waals surface area contributed by atoms with E-state index >= 15 is 0 Å². The van der Waals surface area contributed by atoms with Gasteiger partial charge in [-0.3, -0.25) is 20.4 Å². The molecule has 11 heteroatoms. The number of thiol groups is 1. The summed E-state index contributed by atoms with van der Waals surface area (Å²) >= 11 is 4.24. The van der Waals surface area contributed by atoms with Crippen LogP contribution >= 0.6 is 12.6 Å². The van der Waals surface area contributed by atoms with E-state index in [4.69, 9.17) is 9.84 Å². The number of rotatable bonds is 7. The number of piperazine rings is 1. The summed E-state index contributed by atoms with van der Waals surface area (Å²) in [7, 11) is 0. The number of hydrazine groups is 1. The third-order valence-corrected chi connectivity index (χ3v) is 6.33. The maximum absolute atomic E-state index is 13.4. The number of hydrogen-bond acceptors (Lipinski definition) is 8. The summed E-state index contributed by atoms with van der Waals surface area (Å²) in [6.45, 7) is 4.64. The average molecular weight is 540 g/mol. The highest BCUT2D eigenvalue weighted by Gasteiger charge is 2.30. The molecule has 2 aliphatic rings. The second kappa shape index (κ2) is 11.8. The van der Waals surface area contributed by atoms with Gasteiger partial charge in [-0.1, -0.05) is 42.5 Å². The second-order valence-corrected chi connectivity index (χ2v) is 10.7. The molecule has 4 N–H and O–H groups in total. The minimum Gasteiger partial charge on any atom is -0.433 e. The Kier molecular flexibility index (Phi) is 8.48. The van der Waals surface area contributed by atoms with Crippen LogP contribution in [0.15, 0.2) is 65.5 Å². The van der Waals surface area contributed by atoms with Gasteiger partial charge in [-0.25, -0.2) is 4.79 Å². The van der Waals surface area contributed by atoms with E-state index in [9.17, 15) is 14.4 Å². The number of allylic oxidation sites excluding steroid dienone is 2. The van der Waals surface area contributed by atoms with Gasteiger partial charge in [-0.2, -0.15) is 0 Å². The van der Waals surface area contributed by atoms with Crippen molar-refractivity contribution in [2.24, 2.45) is 0 Å². The van der Waals surface area contributed by atoms with Crippen molar-refractivity contribution >= 4 is 41.3 Å². The molecule has 0 atom stereocenters. The lowest BCUT2D eigenvalue weighted by molar-refractivity contribution is -0.129. The highest BCUT2D eigenvalue weighted by Crippen LogP contribution is 2.25. The molecule has 0 aromatic heterocycles. The summed E-state index contributed by atoms with van der Waals surface area (Å²) in [5.41, 5.74) is 7.99. The Labute approximate surface area is 227 Å². The van der Waals surface area contributed by atoms with Crippen molar-refractivity contribution in [2.45, 2.75) is 25.2 Å². The zero-order valence-corrected chi connectivity index (χ0v) is 22.4. The van der Waals surface area contributed by atoms with Crippen LogP contribution in [0, 0.1) is 0 Å². The average Bonchev–Trinajstić information content (AvgIpc) is 2.90. The monoisotopic (exact) mass is 539 g/mol. The van der Waals surface area contributed by atoms with E-state index in [1.807, 2.05) is 42.5 Å². The number of nitrogens with zero attached hydrogens (tertiary/aromatic N) is 2. The predicted molar refractivity (Wildman–Crippen MR) is 147 cm³/mol. The molecule has 0 spiro atoms. The topological polar surface area (TPSA) is 123 Å². The summed E-state index contributed by atoms with van der Waals surface area (Å²) in [6.07, 6.45) is 1.64. The molecule has 0 unspecified atom stereocenters. The van der Waals surface area contributed by atoms with Gasteiger partial charge in [0.25, 0.3) is 11.8 Å². The maximum atomic E-state index is 13.4. The van der Waals surface area contributed by atoms with Gasteiger partial charge < -0.3 is 25.0 Å². The number of aliphatic hydroxyl groups is 1. The third-order valence-electron chi connectivity index (χ3n) is 6.24. The first-order valence-electron chi connectivity index (χ1n) is 12.5. The predicted octanol–water partition coefficient (Wildman–Crippen LogP) is 1.68. The zero-order valence-electron chi connectivity index (χ0n) is 21.5. The lowest BCUT2D eigenvalue weighted by Gasteiger charge is -2.36. The molecule has 0 saturated carbocycles. The van der Waals surface area contributed by atoms with Crippen LogP contribution in [0.5, 0.6) is 0 Å². The first-order chi connectivity index (χ1) is 18.2. The fourth-order valence-electron chi connectivity index (χ4n) is 4.40. The molecule has 3 amide bonds. The zero-order chi connectivity index (χ0) is 27.3. The molecule has 1 saturated heterocycles. The number of amides is 3. The molecular weight excluding hydrogens is 506 g/mol. The van der Waals surface area contributed by atoms with Crippen molar-refractivity contribution in [3.63, 3.8) is 0 Å². The molecule has 2 aliphatic heterocycles. The maximum Gasteiger partial charge on any atom is 0.411 e. The third kappa shape index (κ3) is 6.59. The van der Waals surface area contributed by atoms with Crippen molar-refractivity contribution in [3.8, 4) is 0 Å². The van der Waals surface area contributed by atoms with Crippen LogP contribution < -0.4 is 16.2 Å². The summed E-state index contributed by atoms with van der Waals surface area (Å²) in [4.78, 5) is 40.9. The molecular formula is C27H33N5O5S. The summed E-state index contributed by atoms with van der Waals surface area (Å²) in [6, 6.07) is 14.0. The van der Waals surface area contributed by atoms with Crippen LogP contribution in [-0.2, 0) is 20.7 Å². The van der Waals surface area contributed by atoms with Crippen molar-refractivity contribution in [2.75, 3.05) is 39.3 Å². The van der Waals surface area contributed by atoms with Crippen LogP contribution in [-0.4, -0.2) is 77.1 Å². The van der Waals surface area contributed by atoms with E-state index in [0.29, 0.717) is 43.9 Å². The highest BCUT2D eigenvalue weighted by molar-refractivity contribution is 7.81. The molecule has 2 heterocycles. The number of aliphatic hydroxyl groups excluding tert-OH is 1. The molecule has 10 nitrogen and oxygen atoms in total. The summed E-state index contributed by atoms with van der Waals surface area (Å²) in [5.74, 6) is -0.631. The van der Waals surface area contributed by atoms with E-state index in [1.165, 1.54) is 0 Å².